The van der Waals surface area contributed by atoms with Gasteiger partial charge in [-0.3, -0.25) is 0 Å². The van der Waals surface area contributed by atoms with Crippen molar-refractivity contribution in [3.63, 3.8) is 0 Å². The SMILES string of the molecule is CC1(C)c2cc(-c3ccc([Si](C)(C)C)c4ccccc34)ccc2-c2ccc([Si](C)(C)C)cc21. The molecule has 4 aromatic carbocycles. The molecule has 0 N–H and O–H groups in total. The molecule has 0 saturated carbocycles. The van der Waals surface area contributed by atoms with Crippen molar-refractivity contribution in [1.82, 2.24) is 0 Å². The van der Waals surface area contributed by atoms with Crippen LogP contribution in [0.3, 0.4) is 0 Å². The van der Waals surface area contributed by atoms with Crippen LogP contribution in [0.2, 0.25) is 39.3 Å². The Bertz CT molecular complexity index is 1400. The van der Waals surface area contributed by atoms with Crippen molar-refractivity contribution >= 4 is 37.3 Å². The van der Waals surface area contributed by atoms with Crippen LogP contribution >= 0.6 is 0 Å². The number of hydrogen-bond acceptors (Lipinski definition) is 0. The van der Waals surface area contributed by atoms with Gasteiger partial charge in [-0.05, 0) is 50.2 Å². The fourth-order valence-corrected chi connectivity index (χ4v) is 8.35. The first kappa shape index (κ1) is 22.4. The van der Waals surface area contributed by atoms with Crippen LogP contribution in [0.5, 0.6) is 0 Å². The van der Waals surface area contributed by atoms with Gasteiger partial charge in [0.2, 0.25) is 0 Å². The van der Waals surface area contributed by atoms with Gasteiger partial charge in [-0.2, -0.15) is 0 Å². The molecule has 2 heteroatoms. The highest BCUT2D eigenvalue weighted by Crippen LogP contribution is 2.49. The lowest BCUT2D eigenvalue weighted by atomic mass is 9.81. The summed E-state index contributed by atoms with van der Waals surface area (Å²) in [5.74, 6) is 0. The molecule has 0 spiro atoms. The Hall–Kier alpha value is -2.43. The van der Waals surface area contributed by atoms with Gasteiger partial charge in [-0.15, -0.1) is 0 Å². The smallest absolute Gasteiger partial charge is 0.0656 e. The van der Waals surface area contributed by atoms with Crippen LogP contribution in [-0.4, -0.2) is 16.1 Å². The molecule has 33 heavy (non-hydrogen) atoms. The second kappa shape index (κ2) is 7.28. The fraction of sp³-hybridized carbons (Fsp3) is 0.290. The van der Waals surface area contributed by atoms with Gasteiger partial charge >= 0.3 is 0 Å². The summed E-state index contributed by atoms with van der Waals surface area (Å²) in [5, 5.41) is 5.91. The van der Waals surface area contributed by atoms with Crippen molar-refractivity contribution in [3.05, 3.63) is 83.9 Å². The van der Waals surface area contributed by atoms with Crippen LogP contribution in [0.1, 0.15) is 25.0 Å². The molecule has 0 amide bonds. The van der Waals surface area contributed by atoms with Gasteiger partial charge in [0.05, 0.1) is 16.1 Å². The summed E-state index contributed by atoms with van der Waals surface area (Å²) in [6.07, 6.45) is 0. The molecule has 0 aromatic heterocycles. The maximum absolute atomic E-state index is 2.51. The molecule has 0 radical (unpaired) electrons. The Morgan fingerprint density at radius 1 is 0.545 bits per heavy atom. The minimum absolute atomic E-state index is 0.0183. The van der Waals surface area contributed by atoms with Crippen LogP contribution in [0.25, 0.3) is 33.0 Å². The van der Waals surface area contributed by atoms with Gasteiger partial charge in [0.1, 0.15) is 0 Å². The molecule has 1 aliphatic carbocycles. The van der Waals surface area contributed by atoms with Crippen molar-refractivity contribution in [2.24, 2.45) is 0 Å². The van der Waals surface area contributed by atoms with E-state index in [1.165, 1.54) is 44.2 Å². The van der Waals surface area contributed by atoms with E-state index in [0.717, 1.165) is 0 Å². The molecule has 0 saturated heterocycles. The molecule has 0 aliphatic heterocycles. The Morgan fingerprint density at radius 2 is 1.12 bits per heavy atom. The van der Waals surface area contributed by atoms with Crippen molar-refractivity contribution in [3.8, 4) is 22.3 Å². The first-order valence-electron chi connectivity index (χ1n) is 12.2. The summed E-state index contributed by atoms with van der Waals surface area (Å²) in [6, 6.07) is 28.2. The lowest BCUT2D eigenvalue weighted by Gasteiger charge is -2.25. The van der Waals surface area contributed by atoms with E-state index in [1.807, 2.05) is 0 Å². The number of benzene rings is 4. The predicted octanol–water partition coefficient (Wildman–Crippen LogP) is 7.90. The molecule has 5 rings (SSSR count). The van der Waals surface area contributed by atoms with Crippen molar-refractivity contribution < 1.29 is 0 Å². The van der Waals surface area contributed by atoms with E-state index in [0.29, 0.717) is 0 Å². The van der Waals surface area contributed by atoms with Gasteiger partial charge < -0.3 is 0 Å². The normalized spacial score (nSPS) is 14.9. The van der Waals surface area contributed by atoms with E-state index >= 15 is 0 Å². The number of rotatable bonds is 3. The molecular weight excluding hydrogens is 429 g/mol. The van der Waals surface area contributed by atoms with E-state index in [-0.39, 0.29) is 5.41 Å². The minimum atomic E-state index is -1.42. The molecule has 0 atom stereocenters. The first-order chi connectivity index (χ1) is 15.4. The Balaban J connectivity index is 1.69. The maximum Gasteiger partial charge on any atom is 0.0784 e. The zero-order chi connectivity index (χ0) is 23.8. The van der Waals surface area contributed by atoms with E-state index in [9.17, 15) is 0 Å². The summed E-state index contributed by atoms with van der Waals surface area (Å²) < 4.78 is 0. The standard InChI is InChI=1S/C31H36Si2/c1-31(2)28-19-21(13-15-25(28)26-16-14-22(20-29(26)31)32(3,4)5)23-17-18-30(33(6,7)8)27-12-10-9-11-24(23)27/h9-20H,1-8H3. The van der Waals surface area contributed by atoms with E-state index in [1.54, 1.807) is 10.4 Å². The summed E-state index contributed by atoms with van der Waals surface area (Å²) in [4.78, 5) is 0. The summed E-state index contributed by atoms with van der Waals surface area (Å²) in [6.45, 7) is 19.5. The van der Waals surface area contributed by atoms with Crippen LogP contribution < -0.4 is 10.4 Å². The second-order valence-corrected chi connectivity index (χ2v) is 22.5. The van der Waals surface area contributed by atoms with Crippen LogP contribution in [-0.2, 0) is 5.41 Å². The average Bonchev–Trinajstić information content (AvgIpc) is 2.98. The van der Waals surface area contributed by atoms with Gasteiger partial charge in [0, 0.05) is 5.41 Å². The number of hydrogen-bond donors (Lipinski definition) is 0. The highest BCUT2D eigenvalue weighted by molar-refractivity contribution is 6.90. The van der Waals surface area contributed by atoms with Crippen LogP contribution in [0.15, 0.2) is 72.8 Å². The zero-order valence-electron chi connectivity index (χ0n) is 21.4. The predicted molar refractivity (Wildman–Crippen MR) is 153 cm³/mol. The molecule has 1 aliphatic rings. The third-order valence-electron chi connectivity index (χ3n) is 7.59. The van der Waals surface area contributed by atoms with E-state index in [4.69, 9.17) is 0 Å². The molecular formula is C31H36Si2. The van der Waals surface area contributed by atoms with Gasteiger partial charge in [0.25, 0.3) is 0 Å². The summed E-state index contributed by atoms with van der Waals surface area (Å²) in [5.41, 5.74) is 8.48. The van der Waals surface area contributed by atoms with Crippen LogP contribution in [0.4, 0.5) is 0 Å². The topological polar surface area (TPSA) is 0 Å². The average molecular weight is 465 g/mol. The highest BCUT2D eigenvalue weighted by Gasteiger charge is 2.36. The fourth-order valence-electron chi connectivity index (χ4n) is 5.58. The molecule has 168 valence electrons. The van der Waals surface area contributed by atoms with Crippen molar-refractivity contribution in [1.29, 1.82) is 0 Å². The molecule has 4 aromatic rings. The van der Waals surface area contributed by atoms with Gasteiger partial charge in [-0.1, -0.05) is 130 Å². The molecule has 0 unspecified atom stereocenters. The number of fused-ring (bicyclic) bond motifs is 4. The lowest BCUT2D eigenvalue weighted by Crippen LogP contribution is -2.38. The Labute approximate surface area is 201 Å². The van der Waals surface area contributed by atoms with Crippen LogP contribution in [0, 0.1) is 0 Å². The summed E-state index contributed by atoms with van der Waals surface area (Å²) >= 11 is 0. The Kier molecular flexibility index (Phi) is 4.94. The molecule has 0 heterocycles. The molecule has 0 nitrogen and oxygen atoms in total. The maximum atomic E-state index is 2.51. The van der Waals surface area contributed by atoms with Crippen molar-refractivity contribution in [2.75, 3.05) is 0 Å². The van der Waals surface area contributed by atoms with Gasteiger partial charge in [-0.25, -0.2) is 0 Å². The summed E-state index contributed by atoms with van der Waals surface area (Å²) in [7, 11) is -2.78. The van der Waals surface area contributed by atoms with E-state index in [2.05, 4.69) is 126 Å². The van der Waals surface area contributed by atoms with E-state index < -0.39 is 16.1 Å². The highest BCUT2D eigenvalue weighted by atomic mass is 28.3. The van der Waals surface area contributed by atoms with Gasteiger partial charge in [0.15, 0.2) is 0 Å². The van der Waals surface area contributed by atoms with Crippen molar-refractivity contribution in [2.45, 2.75) is 58.5 Å². The molecule has 0 bridgehead atoms. The molecule has 0 fully saturated rings. The monoisotopic (exact) mass is 464 g/mol. The first-order valence-corrected chi connectivity index (χ1v) is 19.2. The third kappa shape index (κ3) is 3.55. The minimum Gasteiger partial charge on any atom is -0.0656 e. The quantitative estimate of drug-likeness (QED) is 0.270. The zero-order valence-corrected chi connectivity index (χ0v) is 23.4. The second-order valence-electron chi connectivity index (χ2n) is 12.4. The third-order valence-corrected chi connectivity index (χ3v) is 11.7. The largest absolute Gasteiger partial charge is 0.0784 e. The Morgan fingerprint density at radius 3 is 1.76 bits per heavy atom. The lowest BCUT2D eigenvalue weighted by molar-refractivity contribution is 0.661.